The normalized spacial score (nSPS) is 13.0. The lowest BCUT2D eigenvalue weighted by atomic mass is 10.0. The average Bonchev–Trinajstić information content (AvgIpc) is 3.19. The fourth-order valence-corrected chi connectivity index (χ4v) is 3.82. The maximum Gasteiger partial charge on any atom is 0.254 e. The van der Waals surface area contributed by atoms with Crippen LogP contribution < -0.4 is 5.32 Å². The summed E-state index contributed by atoms with van der Waals surface area (Å²) in [5, 5.41) is 3.40. The van der Waals surface area contributed by atoms with Crippen LogP contribution >= 0.6 is 0 Å². The van der Waals surface area contributed by atoms with Crippen molar-refractivity contribution in [2.75, 3.05) is 11.9 Å². The molecule has 1 aliphatic heterocycles. The zero-order valence-electron chi connectivity index (χ0n) is 16.6. The Labute approximate surface area is 178 Å². The van der Waals surface area contributed by atoms with E-state index in [9.17, 15) is 9.59 Å². The van der Waals surface area contributed by atoms with Crippen molar-refractivity contribution in [3.8, 4) is 11.3 Å². The molecule has 31 heavy (non-hydrogen) atoms. The number of H-pyrrole nitrogens is 1. The lowest BCUT2D eigenvalue weighted by Gasteiger charge is -2.26. The van der Waals surface area contributed by atoms with Crippen LogP contribution in [0.2, 0.25) is 0 Å². The number of anilines is 2. The molecule has 152 valence electrons. The molecule has 1 amide bonds. The largest absolute Gasteiger partial charge is 0.355 e. The van der Waals surface area contributed by atoms with Crippen LogP contribution in [0.1, 0.15) is 26.4 Å². The van der Waals surface area contributed by atoms with Crippen molar-refractivity contribution in [2.45, 2.75) is 6.54 Å². The van der Waals surface area contributed by atoms with Crippen molar-refractivity contribution in [2.24, 2.45) is 0 Å². The molecular weight excluding hydrogens is 390 g/mol. The van der Waals surface area contributed by atoms with Crippen LogP contribution in [0.25, 0.3) is 11.3 Å². The van der Waals surface area contributed by atoms with E-state index in [2.05, 4.69) is 20.3 Å². The number of pyridine rings is 2. The number of fused-ring (bicyclic) bond motifs is 1. The van der Waals surface area contributed by atoms with Gasteiger partial charge in [0, 0.05) is 47.3 Å². The van der Waals surface area contributed by atoms with Gasteiger partial charge in [0.15, 0.2) is 5.78 Å². The van der Waals surface area contributed by atoms with Crippen molar-refractivity contribution in [1.82, 2.24) is 19.9 Å². The van der Waals surface area contributed by atoms with Gasteiger partial charge in [0.05, 0.1) is 30.0 Å². The number of carbonyl (C=O) groups is 2. The summed E-state index contributed by atoms with van der Waals surface area (Å²) in [6.07, 6.45) is 6.57. The second-order valence-corrected chi connectivity index (χ2v) is 7.28. The van der Waals surface area contributed by atoms with Crippen LogP contribution in [0, 0.1) is 0 Å². The minimum absolute atomic E-state index is 0.0191. The number of para-hydroxylation sites is 1. The molecule has 5 rings (SSSR count). The standard InChI is InChI=1S/C24H19N5O2/c30-20-15-29(24(31)17-8-12-26-13-9-17)14-19-21(20)23(27-18-4-2-1-3-5-18)22(28-19)16-6-10-25-11-7-16/h1-13,27-28H,14-15H2. The Balaban J connectivity index is 1.56. The number of benzene rings is 1. The number of nitrogens with zero attached hydrogens (tertiary/aromatic N) is 3. The highest BCUT2D eigenvalue weighted by atomic mass is 16.2. The zero-order valence-corrected chi connectivity index (χ0v) is 16.6. The summed E-state index contributed by atoms with van der Waals surface area (Å²) < 4.78 is 0. The highest BCUT2D eigenvalue weighted by Gasteiger charge is 2.33. The number of ketones is 1. The monoisotopic (exact) mass is 409 g/mol. The Bertz CT molecular complexity index is 1240. The highest BCUT2D eigenvalue weighted by Crippen LogP contribution is 2.38. The first kappa shape index (κ1) is 18.7. The molecule has 0 saturated carbocycles. The van der Waals surface area contributed by atoms with Crippen molar-refractivity contribution < 1.29 is 9.59 Å². The predicted molar refractivity (Wildman–Crippen MR) is 117 cm³/mol. The molecule has 4 heterocycles. The molecule has 2 N–H and O–H groups in total. The SMILES string of the molecule is O=C1CN(C(=O)c2ccncc2)Cc2[nH]c(-c3ccncc3)c(Nc3ccccc3)c21. The Morgan fingerprint density at radius 2 is 1.58 bits per heavy atom. The molecule has 1 aromatic carbocycles. The van der Waals surface area contributed by atoms with Gasteiger partial charge in [-0.2, -0.15) is 0 Å². The summed E-state index contributed by atoms with van der Waals surface area (Å²) in [6.45, 7) is 0.335. The molecule has 7 heteroatoms. The van der Waals surface area contributed by atoms with E-state index in [-0.39, 0.29) is 18.2 Å². The fourth-order valence-electron chi connectivity index (χ4n) is 3.82. The molecular formula is C24H19N5O2. The molecule has 0 unspecified atom stereocenters. The molecule has 0 atom stereocenters. The summed E-state index contributed by atoms with van der Waals surface area (Å²) in [6, 6.07) is 16.8. The van der Waals surface area contributed by atoms with Gasteiger partial charge in [0.2, 0.25) is 0 Å². The molecule has 0 saturated heterocycles. The summed E-state index contributed by atoms with van der Waals surface area (Å²) in [5.41, 5.74) is 5.11. The molecule has 3 aromatic heterocycles. The third-order valence-corrected chi connectivity index (χ3v) is 5.27. The quantitative estimate of drug-likeness (QED) is 0.531. The van der Waals surface area contributed by atoms with E-state index in [1.807, 2.05) is 42.5 Å². The summed E-state index contributed by atoms with van der Waals surface area (Å²) in [5.74, 6) is -0.308. The van der Waals surface area contributed by atoms with E-state index in [4.69, 9.17) is 0 Å². The summed E-state index contributed by atoms with van der Waals surface area (Å²) >= 11 is 0. The molecule has 4 aromatic rings. The summed E-state index contributed by atoms with van der Waals surface area (Å²) in [7, 11) is 0. The topological polar surface area (TPSA) is 91.0 Å². The number of aromatic nitrogens is 3. The molecule has 0 bridgehead atoms. The van der Waals surface area contributed by atoms with Crippen LogP contribution in [0.3, 0.4) is 0 Å². The minimum Gasteiger partial charge on any atom is -0.355 e. The number of Topliss-reactive ketones (excluding diaryl/α,β-unsaturated/α-hetero) is 1. The third kappa shape index (κ3) is 3.57. The van der Waals surface area contributed by atoms with Gasteiger partial charge in [0.1, 0.15) is 0 Å². The molecule has 0 spiro atoms. The predicted octanol–water partition coefficient (Wildman–Crippen LogP) is 4.05. The molecule has 7 nitrogen and oxygen atoms in total. The number of nitrogens with one attached hydrogen (secondary N) is 2. The van der Waals surface area contributed by atoms with Gasteiger partial charge in [-0.05, 0) is 36.4 Å². The van der Waals surface area contributed by atoms with Gasteiger partial charge < -0.3 is 15.2 Å². The van der Waals surface area contributed by atoms with Crippen LogP contribution in [0.4, 0.5) is 11.4 Å². The smallest absolute Gasteiger partial charge is 0.254 e. The Morgan fingerprint density at radius 1 is 0.903 bits per heavy atom. The number of hydrogen-bond donors (Lipinski definition) is 2. The molecule has 0 aliphatic carbocycles. The van der Waals surface area contributed by atoms with Crippen LogP contribution in [-0.4, -0.2) is 38.1 Å². The van der Waals surface area contributed by atoms with Gasteiger partial charge in [-0.1, -0.05) is 18.2 Å². The van der Waals surface area contributed by atoms with Gasteiger partial charge in [-0.15, -0.1) is 0 Å². The second kappa shape index (κ2) is 7.87. The van der Waals surface area contributed by atoms with E-state index >= 15 is 0 Å². The number of amides is 1. The van der Waals surface area contributed by atoms with E-state index < -0.39 is 0 Å². The number of carbonyl (C=O) groups excluding carboxylic acids is 2. The maximum atomic E-state index is 13.2. The van der Waals surface area contributed by atoms with E-state index in [1.165, 1.54) is 0 Å². The van der Waals surface area contributed by atoms with Crippen molar-refractivity contribution in [1.29, 1.82) is 0 Å². The lowest BCUT2D eigenvalue weighted by Crippen LogP contribution is -2.39. The summed E-state index contributed by atoms with van der Waals surface area (Å²) in [4.78, 5) is 39.1. The number of hydrogen-bond acceptors (Lipinski definition) is 5. The van der Waals surface area contributed by atoms with E-state index in [1.54, 1.807) is 41.8 Å². The Kier molecular flexibility index (Phi) is 4.76. The molecule has 0 fully saturated rings. The first-order valence-corrected chi connectivity index (χ1v) is 9.90. The Morgan fingerprint density at radius 3 is 2.29 bits per heavy atom. The van der Waals surface area contributed by atoms with E-state index in [0.717, 1.165) is 16.9 Å². The molecule has 1 aliphatic rings. The number of rotatable bonds is 4. The lowest BCUT2D eigenvalue weighted by molar-refractivity contribution is 0.0677. The van der Waals surface area contributed by atoms with Crippen LogP contribution in [0.5, 0.6) is 0 Å². The van der Waals surface area contributed by atoms with Crippen molar-refractivity contribution in [3.63, 3.8) is 0 Å². The van der Waals surface area contributed by atoms with Gasteiger partial charge >= 0.3 is 0 Å². The zero-order chi connectivity index (χ0) is 21.2. The second-order valence-electron chi connectivity index (χ2n) is 7.28. The maximum absolute atomic E-state index is 13.2. The molecule has 0 radical (unpaired) electrons. The minimum atomic E-state index is -0.195. The Hall–Kier alpha value is -4.26. The van der Waals surface area contributed by atoms with Crippen LogP contribution in [-0.2, 0) is 6.54 Å². The number of aromatic amines is 1. The van der Waals surface area contributed by atoms with Crippen molar-refractivity contribution in [3.05, 3.63) is 96.2 Å². The first-order chi connectivity index (χ1) is 15.2. The fraction of sp³-hybridized carbons (Fsp3) is 0.0833. The first-order valence-electron chi connectivity index (χ1n) is 9.90. The highest BCUT2D eigenvalue weighted by molar-refractivity contribution is 6.10. The van der Waals surface area contributed by atoms with Crippen LogP contribution in [0.15, 0.2) is 79.4 Å². The third-order valence-electron chi connectivity index (χ3n) is 5.27. The van der Waals surface area contributed by atoms with Gasteiger partial charge in [-0.25, -0.2) is 0 Å². The van der Waals surface area contributed by atoms with E-state index in [0.29, 0.717) is 29.1 Å². The van der Waals surface area contributed by atoms with Crippen molar-refractivity contribution >= 4 is 23.1 Å². The van der Waals surface area contributed by atoms with Gasteiger partial charge in [-0.3, -0.25) is 19.6 Å². The average molecular weight is 409 g/mol. The van der Waals surface area contributed by atoms with Gasteiger partial charge in [0.25, 0.3) is 5.91 Å².